The van der Waals surface area contributed by atoms with Crippen LogP contribution in [0, 0.1) is 5.92 Å². The van der Waals surface area contributed by atoms with Crippen LogP contribution in [0.3, 0.4) is 0 Å². The van der Waals surface area contributed by atoms with E-state index >= 15 is 0 Å². The van der Waals surface area contributed by atoms with Crippen LogP contribution in [0.1, 0.15) is 45.6 Å². The van der Waals surface area contributed by atoms with Crippen LogP contribution < -0.4 is 4.18 Å². The third-order valence-electron chi connectivity index (χ3n) is 5.20. The van der Waals surface area contributed by atoms with Gasteiger partial charge in [0.05, 0.1) is 0 Å². The largest absolute Gasteiger partial charge is 0.480 e. The zero-order valence-electron chi connectivity index (χ0n) is 20.0. The molecule has 0 bridgehead atoms. The van der Waals surface area contributed by atoms with Gasteiger partial charge in [-0.3, -0.25) is 4.79 Å². The minimum Gasteiger partial charge on any atom is -0.480 e. The van der Waals surface area contributed by atoms with E-state index in [2.05, 4.69) is 4.18 Å². The molecule has 0 aliphatic carbocycles. The first-order chi connectivity index (χ1) is 17.0. The molecule has 0 heterocycles. The maximum absolute atomic E-state index is 13.8. The number of benzene rings is 1. The summed E-state index contributed by atoms with van der Waals surface area (Å²) < 4.78 is 144. The molecule has 0 saturated heterocycles. The van der Waals surface area contributed by atoms with Crippen LogP contribution in [0.15, 0.2) is 24.3 Å². The van der Waals surface area contributed by atoms with Crippen LogP contribution in [-0.2, 0) is 26.3 Å². The molecular weight excluding hydrogens is 565 g/mol. The Hall–Kier alpha value is -2.72. The normalized spacial score (nSPS) is 14.3. The molecule has 0 aliphatic rings. The van der Waals surface area contributed by atoms with E-state index in [9.17, 15) is 62.6 Å². The van der Waals surface area contributed by atoms with Crippen molar-refractivity contribution in [1.82, 2.24) is 4.90 Å². The standard InChI is InChI=1S/C21H24F9NO6S/c1-4-5-6-15(32)31(16(12(2)3)17(33)34)11-13-7-9-14(10-8-13)37-38(35,36)21(29,30)19(24,25)18(22,23)20(26,27)28/h7-10,12,16H,4-6,11H2,1-3H3,(H,33,34)/t16-/m0/s1. The van der Waals surface area contributed by atoms with Gasteiger partial charge in [0.15, 0.2) is 0 Å². The van der Waals surface area contributed by atoms with E-state index in [1.54, 1.807) is 6.92 Å². The Morgan fingerprint density at radius 1 is 0.947 bits per heavy atom. The molecule has 1 amide bonds. The number of carboxylic acid groups (broad SMARTS) is 1. The SMILES string of the molecule is CCCCC(=O)N(Cc1ccc(OS(=O)(=O)C(F)(F)C(F)(F)C(F)(F)C(F)(F)F)cc1)[C@H](C(=O)O)C(C)C. The molecule has 0 aromatic heterocycles. The summed E-state index contributed by atoms with van der Waals surface area (Å²) in [5.41, 5.74) is 0.0900. The monoisotopic (exact) mass is 589 g/mol. The van der Waals surface area contributed by atoms with Crippen LogP contribution in [-0.4, -0.2) is 59.6 Å². The highest BCUT2D eigenvalue weighted by Crippen LogP contribution is 2.54. The van der Waals surface area contributed by atoms with Crippen molar-refractivity contribution in [2.24, 2.45) is 5.92 Å². The summed E-state index contributed by atoms with van der Waals surface area (Å²) >= 11 is 0. The number of aliphatic carboxylic acids is 1. The smallest absolute Gasteiger partial charge is 0.460 e. The van der Waals surface area contributed by atoms with Gasteiger partial charge in [-0.05, 0) is 30.0 Å². The topological polar surface area (TPSA) is 101 Å². The lowest BCUT2D eigenvalue weighted by atomic mass is 10.0. The van der Waals surface area contributed by atoms with Crippen LogP contribution >= 0.6 is 0 Å². The molecule has 0 aliphatic heterocycles. The third-order valence-corrected chi connectivity index (χ3v) is 6.49. The molecule has 38 heavy (non-hydrogen) atoms. The van der Waals surface area contributed by atoms with Crippen LogP contribution in [0.4, 0.5) is 39.5 Å². The lowest BCUT2D eigenvalue weighted by Crippen LogP contribution is -2.63. The third kappa shape index (κ3) is 6.64. The molecule has 0 fully saturated rings. The van der Waals surface area contributed by atoms with Crippen molar-refractivity contribution in [2.45, 2.75) is 75.9 Å². The van der Waals surface area contributed by atoms with Crippen molar-refractivity contribution < 1.29 is 66.8 Å². The van der Waals surface area contributed by atoms with Gasteiger partial charge in [0.2, 0.25) is 5.91 Å². The van der Waals surface area contributed by atoms with Gasteiger partial charge < -0.3 is 14.2 Å². The summed E-state index contributed by atoms with van der Waals surface area (Å²) in [6, 6.07) is 1.69. The number of carbonyl (C=O) groups is 2. The summed E-state index contributed by atoms with van der Waals surface area (Å²) in [4.78, 5) is 25.4. The average Bonchev–Trinajstić information content (AvgIpc) is 2.76. The van der Waals surface area contributed by atoms with Crippen LogP contribution in [0.2, 0.25) is 0 Å². The van der Waals surface area contributed by atoms with Gasteiger partial charge in [0, 0.05) is 13.0 Å². The molecule has 0 saturated carbocycles. The molecule has 0 radical (unpaired) electrons. The number of halogens is 9. The second kappa shape index (κ2) is 11.6. The molecule has 0 spiro atoms. The Morgan fingerprint density at radius 2 is 1.45 bits per heavy atom. The van der Waals surface area contributed by atoms with Crippen molar-refractivity contribution in [3.8, 4) is 5.75 Å². The Labute approximate surface area is 211 Å². The second-order valence-corrected chi connectivity index (χ2v) is 10.1. The fraction of sp³-hybridized carbons (Fsp3) is 0.619. The minimum absolute atomic E-state index is 0.0156. The van der Waals surface area contributed by atoms with Crippen molar-refractivity contribution in [3.63, 3.8) is 0 Å². The average molecular weight is 589 g/mol. The lowest BCUT2D eigenvalue weighted by molar-refractivity contribution is -0.382. The van der Waals surface area contributed by atoms with Crippen molar-refractivity contribution in [3.05, 3.63) is 29.8 Å². The highest BCUT2D eigenvalue weighted by molar-refractivity contribution is 7.88. The van der Waals surface area contributed by atoms with Gasteiger partial charge in [-0.25, -0.2) is 4.79 Å². The Bertz CT molecular complexity index is 1090. The fourth-order valence-electron chi connectivity index (χ4n) is 3.14. The number of hydrogen-bond acceptors (Lipinski definition) is 5. The number of unbranched alkanes of at least 4 members (excludes halogenated alkanes) is 1. The van der Waals surface area contributed by atoms with Crippen molar-refractivity contribution in [2.75, 3.05) is 0 Å². The number of rotatable bonds is 13. The maximum Gasteiger partial charge on any atom is 0.460 e. The predicted octanol–water partition coefficient (Wildman–Crippen LogP) is 5.45. The summed E-state index contributed by atoms with van der Waals surface area (Å²) in [5.74, 6) is -18.5. The van der Waals surface area contributed by atoms with Crippen LogP contribution in [0.25, 0.3) is 0 Å². The lowest BCUT2D eigenvalue weighted by Gasteiger charge is -2.32. The fourth-order valence-corrected chi connectivity index (χ4v) is 4.05. The first kappa shape index (κ1) is 33.3. The number of amides is 1. The number of hydrogen-bond donors (Lipinski definition) is 1. The molecule has 1 aromatic carbocycles. The van der Waals surface area contributed by atoms with Crippen LogP contribution in [0.5, 0.6) is 5.75 Å². The summed E-state index contributed by atoms with van der Waals surface area (Å²) in [6.45, 7) is 4.46. The Morgan fingerprint density at radius 3 is 1.84 bits per heavy atom. The van der Waals surface area contributed by atoms with Crippen molar-refractivity contribution in [1.29, 1.82) is 0 Å². The van der Waals surface area contributed by atoms with Gasteiger partial charge in [0.25, 0.3) is 0 Å². The van der Waals surface area contributed by atoms with E-state index < -0.39 is 63.0 Å². The van der Waals surface area contributed by atoms with Gasteiger partial charge in [-0.2, -0.15) is 47.9 Å². The molecule has 1 N–H and O–H groups in total. The molecule has 1 rings (SSSR count). The molecular formula is C21H24F9NO6S. The number of carbonyl (C=O) groups excluding carboxylic acids is 1. The van der Waals surface area contributed by atoms with E-state index in [0.29, 0.717) is 25.0 Å². The number of alkyl halides is 9. The predicted molar refractivity (Wildman–Crippen MR) is 113 cm³/mol. The quantitative estimate of drug-likeness (QED) is 0.243. The maximum atomic E-state index is 13.8. The summed E-state index contributed by atoms with van der Waals surface area (Å²) in [7, 11) is -7.12. The molecule has 17 heteroatoms. The Kier molecular flexibility index (Phi) is 10.1. The second-order valence-electron chi connectivity index (χ2n) is 8.50. The van der Waals surface area contributed by atoms with E-state index in [-0.39, 0.29) is 18.5 Å². The summed E-state index contributed by atoms with van der Waals surface area (Å²) in [6.07, 6.45) is -6.20. The van der Waals surface area contributed by atoms with Gasteiger partial charge in [-0.15, -0.1) is 0 Å². The highest BCUT2D eigenvalue weighted by Gasteiger charge is 2.86. The molecule has 1 aromatic rings. The number of nitrogens with zero attached hydrogens (tertiary/aromatic N) is 1. The molecule has 0 unspecified atom stereocenters. The van der Waals surface area contributed by atoms with E-state index in [1.165, 1.54) is 13.8 Å². The zero-order chi connectivity index (χ0) is 29.9. The highest BCUT2D eigenvalue weighted by atomic mass is 32.2. The van der Waals surface area contributed by atoms with Gasteiger partial charge >= 0.3 is 39.4 Å². The molecule has 218 valence electrons. The van der Waals surface area contributed by atoms with E-state index in [1.807, 2.05) is 0 Å². The zero-order valence-corrected chi connectivity index (χ0v) is 20.9. The minimum atomic E-state index is -7.45. The molecule has 7 nitrogen and oxygen atoms in total. The van der Waals surface area contributed by atoms with Gasteiger partial charge in [0.1, 0.15) is 11.8 Å². The van der Waals surface area contributed by atoms with Gasteiger partial charge in [-0.1, -0.05) is 39.3 Å². The first-order valence-corrected chi connectivity index (χ1v) is 12.2. The Balaban J connectivity index is 3.27. The summed E-state index contributed by atoms with van der Waals surface area (Å²) in [5, 5.41) is 2.53. The first-order valence-electron chi connectivity index (χ1n) is 10.8. The van der Waals surface area contributed by atoms with Crippen molar-refractivity contribution >= 4 is 22.0 Å². The number of carboxylic acids is 1. The van der Waals surface area contributed by atoms with E-state index in [0.717, 1.165) is 17.0 Å². The molecule has 1 atom stereocenters. The van der Waals surface area contributed by atoms with E-state index in [4.69, 9.17) is 0 Å².